The largest absolute Gasteiger partial charge is 0.305 e. The van der Waals surface area contributed by atoms with Gasteiger partial charge in [0.25, 0.3) is 0 Å². The first-order valence-electron chi connectivity index (χ1n) is 8.03. The Morgan fingerprint density at radius 2 is 1.95 bits per heavy atom. The molecule has 1 heterocycles. The Morgan fingerprint density at radius 3 is 2.45 bits per heavy atom. The molecular formula is C16H28N2O3S. The number of hydrogen-bond acceptors (Lipinski definition) is 5. The van der Waals surface area contributed by atoms with E-state index in [-0.39, 0.29) is 47.3 Å². The lowest BCUT2D eigenvalue weighted by atomic mass is 10.0. The lowest BCUT2D eigenvalue weighted by Crippen LogP contribution is -2.45. The Labute approximate surface area is 137 Å². The van der Waals surface area contributed by atoms with Gasteiger partial charge in [-0.05, 0) is 6.42 Å². The third kappa shape index (κ3) is 5.09. The predicted octanol–water partition coefficient (Wildman–Crippen LogP) is 1.85. The molecule has 0 aromatic rings. The summed E-state index contributed by atoms with van der Waals surface area (Å²) >= 11 is 1.43. The van der Waals surface area contributed by atoms with Crippen LogP contribution in [-0.2, 0) is 14.4 Å². The number of nitrogens with one attached hydrogen (secondary N) is 1. The second-order valence-corrected chi connectivity index (χ2v) is 7.58. The van der Waals surface area contributed by atoms with Crippen LogP contribution in [-0.4, -0.2) is 52.1 Å². The van der Waals surface area contributed by atoms with E-state index in [2.05, 4.69) is 5.32 Å². The lowest BCUT2D eigenvalue weighted by Gasteiger charge is -2.22. The molecule has 1 N–H and O–H groups in total. The van der Waals surface area contributed by atoms with E-state index in [0.717, 1.165) is 6.42 Å². The van der Waals surface area contributed by atoms with Crippen molar-refractivity contribution >= 4 is 29.4 Å². The fraction of sp³-hybridized carbons (Fsp3) is 0.812. The van der Waals surface area contributed by atoms with Gasteiger partial charge in [-0.1, -0.05) is 34.6 Å². The van der Waals surface area contributed by atoms with Crippen LogP contribution < -0.4 is 5.32 Å². The molecule has 5 nitrogen and oxygen atoms in total. The smallest absolute Gasteiger partial charge is 0.242 e. The van der Waals surface area contributed by atoms with E-state index in [1.807, 2.05) is 34.6 Å². The molecular weight excluding hydrogens is 300 g/mol. The Balaban J connectivity index is 2.63. The molecule has 0 aromatic carbocycles. The van der Waals surface area contributed by atoms with Gasteiger partial charge in [-0.25, -0.2) is 0 Å². The van der Waals surface area contributed by atoms with Crippen LogP contribution in [0.4, 0.5) is 0 Å². The molecule has 1 saturated heterocycles. The molecule has 1 rings (SSSR count). The Kier molecular flexibility index (Phi) is 7.56. The van der Waals surface area contributed by atoms with Crippen molar-refractivity contribution in [1.82, 2.24) is 10.2 Å². The SMILES string of the molecule is CCCN1C(=O)CC(SC[C@H](NC(C)C)C(=O)C(C)C)C1=O. The van der Waals surface area contributed by atoms with Gasteiger partial charge < -0.3 is 5.32 Å². The molecule has 6 heteroatoms. The number of imide groups is 1. The van der Waals surface area contributed by atoms with Crippen molar-refractivity contribution in [3.8, 4) is 0 Å². The van der Waals surface area contributed by atoms with Crippen LogP contribution in [0.2, 0.25) is 0 Å². The van der Waals surface area contributed by atoms with Gasteiger partial charge in [0.05, 0.1) is 11.3 Å². The first-order chi connectivity index (χ1) is 10.3. The predicted molar refractivity (Wildman–Crippen MR) is 89.8 cm³/mol. The Hall–Kier alpha value is -0.880. The van der Waals surface area contributed by atoms with Gasteiger partial charge in [0.1, 0.15) is 0 Å². The summed E-state index contributed by atoms with van der Waals surface area (Å²) in [6, 6.07) is -0.0704. The fourth-order valence-electron chi connectivity index (χ4n) is 2.47. The average Bonchev–Trinajstić information content (AvgIpc) is 2.70. The molecule has 0 spiro atoms. The molecule has 1 aliphatic heterocycles. The van der Waals surface area contributed by atoms with Crippen LogP contribution >= 0.6 is 11.8 Å². The van der Waals surface area contributed by atoms with Crippen molar-refractivity contribution in [3.05, 3.63) is 0 Å². The van der Waals surface area contributed by atoms with Crippen LogP contribution in [0.1, 0.15) is 47.5 Å². The average molecular weight is 328 g/mol. The maximum absolute atomic E-state index is 12.3. The molecule has 0 aromatic heterocycles. The highest BCUT2D eigenvalue weighted by Crippen LogP contribution is 2.26. The molecule has 1 fully saturated rings. The van der Waals surface area contributed by atoms with Crippen molar-refractivity contribution < 1.29 is 14.4 Å². The summed E-state index contributed by atoms with van der Waals surface area (Å²) in [4.78, 5) is 37.7. The highest BCUT2D eigenvalue weighted by Gasteiger charge is 2.38. The number of carbonyl (C=O) groups is 3. The number of nitrogens with zero attached hydrogens (tertiary/aromatic N) is 1. The molecule has 2 amide bonds. The standard InChI is InChI=1S/C16H28N2O3S/c1-6-7-18-14(19)8-13(16(18)21)22-9-12(17-11(4)5)15(20)10(2)3/h10-13,17H,6-9H2,1-5H3/t12-,13?/m0/s1. The number of ketones is 1. The first-order valence-corrected chi connectivity index (χ1v) is 9.08. The highest BCUT2D eigenvalue weighted by atomic mass is 32.2. The topological polar surface area (TPSA) is 66.5 Å². The number of amides is 2. The van der Waals surface area contributed by atoms with E-state index < -0.39 is 0 Å². The number of rotatable bonds is 9. The van der Waals surface area contributed by atoms with E-state index in [9.17, 15) is 14.4 Å². The van der Waals surface area contributed by atoms with Gasteiger partial charge in [0.2, 0.25) is 11.8 Å². The van der Waals surface area contributed by atoms with E-state index in [1.54, 1.807) is 0 Å². The van der Waals surface area contributed by atoms with E-state index in [0.29, 0.717) is 12.3 Å². The van der Waals surface area contributed by atoms with E-state index in [4.69, 9.17) is 0 Å². The molecule has 126 valence electrons. The van der Waals surface area contributed by atoms with Crippen LogP contribution in [0, 0.1) is 5.92 Å². The third-order valence-electron chi connectivity index (χ3n) is 3.56. The van der Waals surface area contributed by atoms with E-state index >= 15 is 0 Å². The van der Waals surface area contributed by atoms with Gasteiger partial charge in [-0.3, -0.25) is 19.3 Å². The zero-order chi connectivity index (χ0) is 16.9. The monoisotopic (exact) mass is 328 g/mol. The Bertz CT molecular complexity index is 424. The van der Waals surface area contributed by atoms with Crippen molar-refractivity contribution in [2.24, 2.45) is 5.92 Å². The van der Waals surface area contributed by atoms with E-state index in [1.165, 1.54) is 16.7 Å². The van der Waals surface area contributed by atoms with Gasteiger partial charge >= 0.3 is 0 Å². The normalized spacial score (nSPS) is 20.3. The van der Waals surface area contributed by atoms with Crippen molar-refractivity contribution in [2.45, 2.75) is 64.8 Å². The summed E-state index contributed by atoms with van der Waals surface area (Å²) in [5.74, 6) is 0.446. The van der Waals surface area contributed by atoms with Gasteiger partial charge in [-0.2, -0.15) is 0 Å². The van der Waals surface area contributed by atoms with Crippen LogP contribution in [0.15, 0.2) is 0 Å². The molecule has 0 saturated carbocycles. The van der Waals surface area contributed by atoms with Gasteiger partial charge in [-0.15, -0.1) is 11.8 Å². The zero-order valence-electron chi connectivity index (χ0n) is 14.2. The zero-order valence-corrected chi connectivity index (χ0v) is 15.0. The number of likely N-dealkylation sites (tertiary alicyclic amines) is 1. The quantitative estimate of drug-likeness (QED) is 0.654. The molecule has 1 aliphatic rings. The summed E-state index contributed by atoms with van der Waals surface area (Å²) in [7, 11) is 0. The summed E-state index contributed by atoms with van der Waals surface area (Å²) in [5.41, 5.74) is 0. The van der Waals surface area contributed by atoms with Crippen molar-refractivity contribution in [2.75, 3.05) is 12.3 Å². The van der Waals surface area contributed by atoms with Gasteiger partial charge in [0.15, 0.2) is 5.78 Å². The number of carbonyl (C=O) groups excluding carboxylic acids is 3. The maximum Gasteiger partial charge on any atom is 0.242 e. The summed E-state index contributed by atoms with van der Waals surface area (Å²) in [6.07, 6.45) is 1.03. The highest BCUT2D eigenvalue weighted by molar-refractivity contribution is 8.00. The minimum atomic E-state index is -0.338. The number of thioether (sulfide) groups is 1. The van der Waals surface area contributed by atoms with Crippen LogP contribution in [0.25, 0.3) is 0 Å². The molecule has 1 unspecified atom stereocenters. The minimum absolute atomic E-state index is 0.0469. The second-order valence-electron chi connectivity index (χ2n) is 6.34. The number of hydrogen-bond donors (Lipinski definition) is 1. The van der Waals surface area contributed by atoms with Crippen molar-refractivity contribution in [1.29, 1.82) is 0 Å². The summed E-state index contributed by atoms with van der Waals surface area (Å²) in [5, 5.41) is 2.93. The third-order valence-corrected chi connectivity index (χ3v) is 4.86. The fourth-order valence-corrected chi connectivity index (χ4v) is 3.69. The van der Waals surface area contributed by atoms with Crippen LogP contribution in [0.5, 0.6) is 0 Å². The van der Waals surface area contributed by atoms with Gasteiger partial charge in [0, 0.05) is 30.7 Å². The maximum atomic E-state index is 12.3. The summed E-state index contributed by atoms with van der Waals surface area (Å²) < 4.78 is 0. The molecule has 0 radical (unpaired) electrons. The second kappa shape index (κ2) is 8.67. The molecule has 2 atom stereocenters. The first kappa shape index (κ1) is 19.2. The molecule has 22 heavy (non-hydrogen) atoms. The number of Topliss-reactive ketones (excluding diaryl/α,β-unsaturated/α-hetero) is 1. The van der Waals surface area contributed by atoms with Crippen LogP contribution in [0.3, 0.4) is 0 Å². The molecule has 0 bridgehead atoms. The molecule has 0 aliphatic carbocycles. The van der Waals surface area contributed by atoms with Crippen molar-refractivity contribution in [3.63, 3.8) is 0 Å². The minimum Gasteiger partial charge on any atom is -0.305 e. The Morgan fingerprint density at radius 1 is 1.32 bits per heavy atom. The summed E-state index contributed by atoms with van der Waals surface area (Å²) in [6.45, 7) is 10.2. The lowest BCUT2D eigenvalue weighted by molar-refractivity contribution is -0.138.